The largest absolute Gasteiger partial charge is 0.326 e. The summed E-state index contributed by atoms with van der Waals surface area (Å²) < 4.78 is 27.0. The van der Waals surface area contributed by atoms with E-state index in [0.29, 0.717) is 18.6 Å². The highest BCUT2D eigenvalue weighted by atomic mass is 35.5. The summed E-state index contributed by atoms with van der Waals surface area (Å²) in [5, 5.41) is 3.25. The maximum absolute atomic E-state index is 12.8. The Hall–Kier alpha value is -1.68. The molecule has 24 heavy (non-hydrogen) atoms. The van der Waals surface area contributed by atoms with Crippen LogP contribution in [-0.4, -0.2) is 48.9 Å². The minimum Gasteiger partial charge on any atom is -0.316 e. The maximum atomic E-state index is 12.8. The Morgan fingerprint density at radius 1 is 1.25 bits per heavy atom. The number of sulfonamides is 1. The van der Waals surface area contributed by atoms with Gasteiger partial charge in [0.25, 0.3) is 5.56 Å². The van der Waals surface area contributed by atoms with Crippen molar-refractivity contribution in [2.24, 2.45) is 0 Å². The van der Waals surface area contributed by atoms with Crippen LogP contribution in [0.15, 0.2) is 32.7 Å². The molecular formula is C14H19ClN4O4S. The van der Waals surface area contributed by atoms with Gasteiger partial charge in [0.15, 0.2) is 0 Å². The fraction of sp³-hybridized carbons (Fsp3) is 0.429. The van der Waals surface area contributed by atoms with Gasteiger partial charge in [-0.3, -0.25) is 9.78 Å². The standard InChI is InChI=1S/C14H18N4O4S.ClH/c1-15-9-3-2-6-18(8-9)23(21,22)10-4-5-12-11(7-10)13(19)17-14(20)16-12;/h4-5,7,9,15H,2-3,6,8H2,1H3,(H2,16,17,19,20);1H. The highest BCUT2D eigenvalue weighted by molar-refractivity contribution is 7.89. The molecule has 1 aromatic heterocycles. The van der Waals surface area contributed by atoms with Crippen molar-refractivity contribution in [3.63, 3.8) is 0 Å². The molecular weight excluding hydrogens is 356 g/mol. The lowest BCUT2D eigenvalue weighted by molar-refractivity contribution is 0.293. The van der Waals surface area contributed by atoms with E-state index in [1.165, 1.54) is 22.5 Å². The monoisotopic (exact) mass is 374 g/mol. The minimum absolute atomic E-state index is 0. The van der Waals surface area contributed by atoms with Gasteiger partial charge in [-0.05, 0) is 38.1 Å². The van der Waals surface area contributed by atoms with E-state index in [2.05, 4.69) is 15.3 Å². The molecule has 0 amide bonds. The van der Waals surface area contributed by atoms with E-state index < -0.39 is 21.3 Å². The number of H-pyrrole nitrogens is 2. The second-order valence-electron chi connectivity index (χ2n) is 5.61. The van der Waals surface area contributed by atoms with Crippen LogP contribution in [0.1, 0.15) is 12.8 Å². The molecule has 1 aliphatic rings. The van der Waals surface area contributed by atoms with Crippen LogP contribution in [0.25, 0.3) is 10.9 Å². The summed E-state index contributed by atoms with van der Waals surface area (Å²) in [6.07, 6.45) is 1.72. The summed E-state index contributed by atoms with van der Waals surface area (Å²) in [6, 6.07) is 4.29. The van der Waals surface area contributed by atoms with Crippen molar-refractivity contribution in [1.82, 2.24) is 19.6 Å². The topological polar surface area (TPSA) is 115 Å². The zero-order chi connectivity index (χ0) is 16.6. The Morgan fingerprint density at radius 3 is 2.71 bits per heavy atom. The fourth-order valence-corrected chi connectivity index (χ4v) is 4.40. The number of likely N-dealkylation sites (N-methyl/N-ethyl adjacent to an activating group) is 1. The molecule has 3 N–H and O–H groups in total. The van der Waals surface area contributed by atoms with Crippen LogP contribution in [-0.2, 0) is 10.0 Å². The lowest BCUT2D eigenvalue weighted by Crippen LogP contribution is -2.46. The number of benzene rings is 1. The van der Waals surface area contributed by atoms with Crippen molar-refractivity contribution in [3.8, 4) is 0 Å². The number of nitrogens with one attached hydrogen (secondary N) is 3. The van der Waals surface area contributed by atoms with Gasteiger partial charge < -0.3 is 10.3 Å². The van der Waals surface area contributed by atoms with Crippen molar-refractivity contribution < 1.29 is 8.42 Å². The first-order chi connectivity index (χ1) is 10.9. The summed E-state index contributed by atoms with van der Waals surface area (Å²) in [4.78, 5) is 27.8. The summed E-state index contributed by atoms with van der Waals surface area (Å²) in [7, 11) is -1.86. The number of rotatable bonds is 3. The van der Waals surface area contributed by atoms with Crippen molar-refractivity contribution in [2.75, 3.05) is 20.1 Å². The van der Waals surface area contributed by atoms with Crippen LogP contribution in [0, 0.1) is 0 Å². The molecule has 0 saturated carbocycles. The molecule has 1 aromatic carbocycles. The van der Waals surface area contributed by atoms with Crippen LogP contribution < -0.4 is 16.6 Å². The van der Waals surface area contributed by atoms with Gasteiger partial charge in [-0.25, -0.2) is 13.2 Å². The van der Waals surface area contributed by atoms with E-state index in [1.807, 2.05) is 7.05 Å². The van der Waals surface area contributed by atoms with Gasteiger partial charge in [0.05, 0.1) is 15.8 Å². The zero-order valence-corrected chi connectivity index (χ0v) is 14.7. The smallest absolute Gasteiger partial charge is 0.316 e. The molecule has 8 nitrogen and oxygen atoms in total. The quantitative estimate of drug-likeness (QED) is 0.700. The number of aromatic amines is 2. The first-order valence-corrected chi connectivity index (χ1v) is 8.79. The molecule has 0 spiro atoms. The number of halogens is 1. The average molecular weight is 375 g/mol. The predicted molar refractivity (Wildman–Crippen MR) is 93.3 cm³/mol. The van der Waals surface area contributed by atoms with Gasteiger partial charge >= 0.3 is 5.69 Å². The Bertz CT molecular complexity index is 953. The van der Waals surface area contributed by atoms with Crippen molar-refractivity contribution in [2.45, 2.75) is 23.8 Å². The number of piperidine rings is 1. The molecule has 0 aliphatic carbocycles. The molecule has 10 heteroatoms. The van der Waals surface area contributed by atoms with Crippen LogP contribution in [0.4, 0.5) is 0 Å². The third-order valence-electron chi connectivity index (χ3n) is 4.14. The van der Waals surface area contributed by atoms with Crippen molar-refractivity contribution in [3.05, 3.63) is 39.0 Å². The van der Waals surface area contributed by atoms with Crippen LogP contribution >= 0.6 is 12.4 Å². The molecule has 0 radical (unpaired) electrons. The molecule has 3 rings (SSSR count). The lowest BCUT2D eigenvalue weighted by Gasteiger charge is -2.31. The number of hydrogen-bond acceptors (Lipinski definition) is 5. The Morgan fingerprint density at radius 2 is 2.00 bits per heavy atom. The number of hydrogen-bond donors (Lipinski definition) is 3. The first kappa shape index (κ1) is 18.7. The van der Waals surface area contributed by atoms with Gasteiger partial charge in [-0.1, -0.05) is 0 Å². The molecule has 0 bridgehead atoms. The van der Waals surface area contributed by atoms with E-state index in [9.17, 15) is 18.0 Å². The van der Waals surface area contributed by atoms with Gasteiger partial charge in [0.1, 0.15) is 0 Å². The summed E-state index contributed by atoms with van der Waals surface area (Å²) in [6.45, 7) is 0.860. The molecule has 2 heterocycles. The Labute approximate surface area is 144 Å². The highest BCUT2D eigenvalue weighted by Crippen LogP contribution is 2.22. The van der Waals surface area contributed by atoms with Crippen LogP contribution in [0.2, 0.25) is 0 Å². The Balaban J connectivity index is 0.00000208. The molecule has 1 fully saturated rings. The molecule has 2 aromatic rings. The summed E-state index contributed by atoms with van der Waals surface area (Å²) >= 11 is 0. The van der Waals surface area contributed by atoms with Crippen LogP contribution in [0.3, 0.4) is 0 Å². The lowest BCUT2D eigenvalue weighted by atomic mass is 10.1. The van der Waals surface area contributed by atoms with E-state index >= 15 is 0 Å². The van der Waals surface area contributed by atoms with Gasteiger partial charge in [0, 0.05) is 19.1 Å². The summed E-state index contributed by atoms with van der Waals surface area (Å²) in [5.41, 5.74) is -0.914. The normalized spacial score (nSPS) is 19.1. The molecule has 1 saturated heterocycles. The highest BCUT2D eigenvalue weighted by Gasteiger charge is 2.29. The zero-order valence-electron chi connectivity index (χ0n) is 13.0. The van der Waals surface area contributed by atoms with Crippen molar-refractivity contribution in [1.29, 1.82) is 0 Å². The van der Waals surface area contributed by atoms with E-state index in [-0.39, 0.29) is 28.7 Å². The number of nitrogens with zero attached hydrogens (tertiary/aromatic N) is 1. The average Bonchev–Trinajstić information content (AvgIpc) is 2.54. The van der Waals surface area contributed by atoms with Gasteiger partial charge in [-0.15, -0.1) is 12.4 Å². The van der Waals surface area contributed by atoms with Crippen molar-refractivity contribution >= 4 is 33.3 Å². The minimum atomic E-state index is -3.67. The maximum Gasteiger partial charge on any atom is 0.326 e. The fourth-order valence-electron chi connectivity index (χ4n) is 2.85. The molecule has 1 atom stereocenters. The summed E-state index contributed by atoms with van der Waals surface area (Å²) in [5.74, 6) is 0. The third kappa shape index (κ3) is 3.39. The first-order valence-electron chi connectivity index (χ1n) is 7.35. The second-order valence-corrected chi connectivity index (χ2v) is 7.54. The SMILES string of the molecule is CNC1CCCN(S(=O)(=O)c2ccc3[nH]c(=O)[nH]c(=O)c3c2)C1.Cl. The van der Waals surface area contributed by atoms with Crippen LogP contribution in [0.5, 0.6) is 0 Å². The number of fused-ring (bicyclic) bond motifs is 1. The van der Waals surface area contributed by atoms with Gasteiger partial charge in [-0.2, -0.15) is 4.31 Å². The molecule has 1 unspecified atom stereocenters. The van der Waals surface area contributed by atoms with E-state index in [4.69, 9.17) is 0 Å². The third-order valence-corrected chi connectivity index (χ3v) is 6.00. The van der Waals surface area contributed by atoms with Gasteiger partial charge in [0.2, 0.25) is 10.0 Å². The number of aromatic nitrogens is 2. The predicted octanol–water partition coefficient (Wildman–Crippen LogP) is 0.0107. The van der Waals surface area contributed by atoms with E-state index in [1.54, 1.807) is 0 Å². The molecule has 132 valence electrons. The Kier molecular flexibility index (Phi) is 5.49. The molecule has 1 aliphatic heterocycles. The second kappa shape index (κ2) is 7.06. The van der Waals surface area contributed by atoms with E-state index in [0.717, 1.165) is 12.8 Å².